The van der Waals surface area contributed by atoms with E-state index < -0.39 is 18.0 Å². The fourth-order valence-electron chi connectivity index (χ4n) is 2.44. The number of nitrogens with zero attached hydrogens (tertiary/aromatic N) is 4. The third-order valence-corrected chi connectivity index (χ3v) is 3.36. The third-order valence-electron chi connectivity index (χ3n) is 3.36. The first-order valence-corrected chi connectivity index (χ1v) is 6.30. The molecule has 1 atom stereocenters. The minimum absolute atomic E-state index is 0.300. The highest BCUT2D eigenvalue weighted by molar-refractivity contribution is 5.69. The Labute approximate surface area is 112 Å². The van der Waals surface area contributed by atoms with Crippen molar-refractivity contribution in [2.45, 2.75) is 25.1 Å². The van der Waals surface area contributed by atoms with Crippen LogP contribution in [0.5, 0.6) is 0 Å². The molecule has 2 aromatic rings. The Balaban J connectivity index is 2.04. The number of hydrogen-bond donors (Lipinski definition) is 1. The molecule has 3 heterocycles. The van der Waals surface area contributed by atoms with Crippen molar-refractivity contribution in [1.29, 1.82) is 0 Å². The minimum Gasteiger partial charge on any atom is -0.391 e. The summed E-state index contributed by atoms with van der Waals surface area (Å²) in [5.41, 5.74) is -0.641. The Morgan fingerprint density at radius 2 is 2.15 bits per heavy atom. The standard InChI is InChI=1S/C12H13F3N4O/c13-12(14,15)10-6-9-11(16-3-5-19(9)17-10)18-4-1-2-8(20)7-18/h3,5-6,8,20H,1-2,4,7H2/t8-/m0/s1. The molecular weight excluding hydrogens is 273 g/mol. The first-order valence-electron chi connectivity index (χ1n) is 6.30. The summed E-state index contributed by atoms with van der Waals surface area (Å²) in [4.78, 5) is 5.94. The third kappa shape index (κ3) is 2.31. The summed E-state index contributed by atoms with van der Waals surface area (Å²) in [5.74, 6) is 0.425. The van der Waals surface area contributed by atoms with E-state index in [0.29, 0.717) is 30.8 Å². The molecule has 0 spiro atoms. The number of β-amino-alcohol motifs (C(OH)–C–C–N with tert-alkyl or cyclic N) is 1. The van der Waals surface area contributed by atoms with Gasteiger partial charge in [-0.1, -0.05) is 0 Å². The van der Waals surface area contributed by atoms with Gasteiger partial charge in [0.05, 0.1) is 6.10 Å². The molecule has 1 fully saturated rings. The number of hydrogen-bond acceptors (Lipinski definition) is 4. The largest absolute Gasteiger partial charge is 0.435 e. The maximum absolute atomic E-state index is 12.7. The van der Waals surface area contributed by atoms with Crippen LogP contribution in [-0.4, -0.2) is 38.9 Å². The molecule has 0 unspecified atom stereocenters. The maximum atomic E-state index is 12.7. The number of fused-ring (bicyclic) bond motifs is 1. The zero-order chi connectivity index (χ0) is 14.3. The predicted octanol–water partition coefficient (Wildman–Crippen LogP) is 1.71. The Hall–Kier alpha value is -1.83. The van der Waals surface area contributed by atoms with Gasteiger partial charge in [0, 0.05) is 31.5 Å². The molecule has 1 aliphatic rings. The van der Waals surface area contributed by atoms with E-state index in [1.54, 1.807) is 4.90 Å². The number of rotatable bonds is 1. The lowest BCUT2D eigenvalue weighted by Gasteiger charge is -2.31. The number of alkyl halides is 3. The van der Waals surface area contributed by atoms with E-state index in [1.165, 1.54) is 16.9 Å². The molecule has 20 heavy (non-hydrogen) atoms. The molecule has 1 N–H and O–H groups in total. The molecule has 0 radical (unpaired) electrons. The molecule has 1 saturated heterocycles. The highest BCUT2D eigenvalue weighted by atomic mass is 19.4. The quantitative estimate of drug-likeness (QED) is 0.867. The van der Waals surface area contributed by atoms with Crippen molar-refractivity contribution in [3.63, 3.8) is 0 Å². The molecule has 0 aromatic carbocycles. The molecule has 108 valence electrons. The second-order valence-electron chi connectivity index (χ2n) is 4.85. The first-order chi connectivity index (χ1) is 9.45. The van der Waals surface area contributed by atoms with Crippen molar-refractivity contribution in [2.24, 2.45) is 0 Å². The highest BCUT2D eigenvalue weighted by Gasteiger charge is 2.35. The van der Waals surface area contributed by atoms with Crippen molar-refractivity contribution in [2.75, 3.05) is 18.0 Å². The van der Waals surface area contributed by atoms with Gasteiger partial charge in [-0.05, 0) is 12.8 Å². The van der Waals surface area contributed by atoms with Crippen LogP contribution in [0.15, 0.2) is 18.5 Å². The molecule has 8 heteroatoms. The SMILES string of the molecule is O[C@H]1CCCN(c2nccn3nc(C(F)(F)F)cc23)C1. The Bertz CT molecular complexity index is 625. The fraction of sp³-hybridized carbons (Fsp3) is 0.500. The van der Waals surface area contributed by atoms with Crippen LogP contribution in [0.2, 0.25) is 0 Å². The summed E-state index contributed by atoms with van der Waals surface area (Å²) in [5, 5.41) is 13.2. The van der Waals surface area contributed by atoms with E-state index in [-0.39, 0.29) is 0 Å². The smallest absolute Gasteiger partial charge is 0.391 e. The van der Waals surface area contributed by atoms with E-state index in [2.05, 4.69) is 10.1 Å². The number of halogens is 3. The van der Waals surface area contributed by atoms with Gasteiger partial charge in [0.25, 0.3) is 0 Å². The van der Waals surface area contributed by atoms with E-state index in [9.17, 15) is 18.3 Å². The van der Waals surface area contributed by atoms with Gasteiger partial charge in [-0.2, -0.15) is 18.3 Å². The van der Waals surface area contributed by atoms with E-state index >= 15 is 0 Å². The maximum Gasteiger partial charge on any atom is 0.435 e. The van der Waals surface area contributed by atoms with Crippen molar-refractivity contribution in [3.8, 4) is 0 Å². The van der Waals surface area contributed by atoms with Gasteiger partial charge in [0.2, 0.25) is 0 Å². The van der Waals surface area contributed by atoms with E-state index in [4.69, 9.17) is 0 Å². The monoisotopic (exact) mass is 286 g/mol. The van der Waals surface area contributed by atoms with Gasteiger partial charge in [0.1, 0.15) is 5.52 Å². The normalized spacial score (nSPS) is 20.6. The number of aliphatic hydroxyl groups excluding tert-OH is 1. The highest BCUT2D eigenvalue weighted by Crippen LogP contribution is 2.31. The van der Waals surface area contributed by atoms with Gasteiger partial charge < -0.3 is 10.0 Å². The number of aromatic nitrogens is 3. The zero-order valence-electron chi connectivity index (χ0n) is 10.5. The molecular formula is C12H13F3N4O. The van der Waals surface area contributed by atoms with E-state index in [1.807, 2.05) is 0 Å². The number of piperidine rings is 1. The molecule has 0 bridgehead atoms. The van der Waals surface area contributed by atoms with Crippen LogP contribution in [0.1, 0.15) is 18.5 Å². The van der Waals surface area contributed by atoms with Crippen LogP contribution in [0, 0.1) is 0 Å². The second-order valence-corrected chi connectivity index (χ2v) is 4.85. The topological polar surface area (TPSA) is 53.7 Å². The Morgan fingerprint density at radius 1 is 1.35 bits per heavy atom. The lowest BCUT2D eigenvalue weighted by Crippen LogP contribution is -2.38. The van der Waals surface area contributed by atoms with Crippen molar-refractivity contribution in [3.05, 3.63) is 24.2 Å². The summed E-state index contributed by atoms with van der Waals surface area (Å²) < 4.78 is 39.3. The Kier molecular flexibility index (Phi) is 3.04. The summed E-state index contributed by atoms with van der Waals surface area (Å²) in [6, 6.07) is 0.989. The lowest BCUT2D eigenvalue weighted by atomic mass is 10.1. The van der Waals surface area contributed by atoms with Gasteiger partial charge in [-0.15, -0.1) is 0 Å². The van der Waals surface area contributed by atoms with Crippen molar-refractivity contribution < 1.29 is 18.3 Å². The molecule has 2 aromatic heterocycles. The van der Waals surface area contributed by atoms with E-state index in [0.717, 1.165) is 12.5 Å². The second kappa shape index (κ2) is 4.62. The van der Waals surface area contributed by atoms with Crippen LogP contribution in [0.4, 0.5) is 19.0 Å². The summed E-state index contributed by atoms with van der Waals surface area (Å²) in [7, 11) is 0. The Morgan fingerprint density at radius 3 is 2.85 bits per heavy atom. The van der Waals surface area contributed by atoms with Gasteiger partial charge in [-0.25, -0.2) is 9.50 Å². The molecule has 0 aliphatic carbocycles. The average molecular weight is 286 g/mol. The summed E-state index contributed by atoms with van der Waals surface area (Å²) in [6.07, 6.45) is -0.678. The van der Waals surface area contributed by atoms with Crippen LogP contribution >= 0.6 is 0 Å². The van der Waals surface area contributed by atoms with Gasteiger partial charge in [-0.3, -0.25) is 0 Å². The van der Waals surface area contributed by atoms with Crippen LogP contribution < -0.4 is 4.90 Å². The van der Waals surface area contributed by atoms with Crippen LogP contribution in [-0.2, 0) is 6.18 Å². The molecule has 0 saturated carbocycles. The lowest BCUT2D eigenvalue weighted by molar-refractivity contribution is -0.141. The predicted molar refractivity (Wildman–Crippen MR) is 65.4 cm³/mol. The minimum atomic E-state index is -4.48. The molecule has 0 amide bonds. The zero-order valence-corrected chi connectivity index (χ0v) is 10.5. The number of anilines is 1. The first kappa shape index (κ1) is 13.2. The molecule has 3 rings (SSSR count). The molecule has 1 aliphatic heterocycles. The van der Waals surface area contributed by atoms with Crippen LogP contribution in [0.25, 0.3) is 5.52 Å². The average Bonchev–Trinajstić information content (AvgIpc) is 2.82. The van der Waals surface area contributed by atoms with Gasteiger partial charge in [0.15, 0.2) is 11.5 Å². The van der Waals surface area contributed by atoms with Gasteiger partial charge >= 0.3 is 6.18 Å². The molecule has 5 nitrogen and oxygen atoms in total. The summed E-state index contributed by atoms with van der Waals surface area (Å²) in [6.45, 7) is 1.04. The van der Waals surface area contributed by atoms with Crippen molar-refractivity contribution >= 4 is 11.3 Å². The van der Waals surface area contributed by atoms with Crippen molar-refractivity contribution in [1.82, 2.24) is 14.6 Å². The van der Waals surface area contributed by atoms with Crippen LogP contribution in [0.3, 0.4) is 0 Å². The number of aliphatic hydroxyl groups is 1. The fourth-order valence-corrected chi connectivity index (χ4v) is 2.44. The summed E-state index contributed by atoms with van der Waals surface area (Å²) >= 11 is 0.